The van der Waals surface area contributed by atoms with Crippen LogP contribution >= 0.6 is 11.8 Å². The molecule has 1 aliphatic carbocycles. The summed E-state index contributed by atoms with van der Waals surface area (Å²) in [5, 5.41) is 19.3. The Hall–Kier alpha value is -2.33. The molecule has 2 aromatic rings. The van der Waals surface area contributed by atoms with E-state index in [1.165, 1.54) is 37.4 Å². The smallest absolute Gasteiger partial charge is 0.234 e. The minimum absolute atomic E-state index is 0.119. The second kappa shape index (κ2) is 7.97. The third-order valence-electron chi connectivity index (χ3n) is 4.10. The molecule has 0 bridgehead atoms. The van der Waals surface area contributed by atoms with E-state index in [0.29, 0.717) is 16.4 Å². The molecule has 0 spiro atoms. The van der Waals surface area contributed by atoms with E-state index in [0.717, 1.165) is 18.2 Å². The predicted octanol–water partition coefficient (Wildman–Crippen LogP) is 3.14. The van der Waals surface area contributed by atoms with Crippen molar-refractivity contribution >= 4 is 23.4 Å². The van der Waals surface area contributed by atoms with Gasteiger partial charge < -0.3 is 5.32 Å². The van der Waals surface area contributed by atoms with Gasteiger partial charge in [0.25, 0.3) is 0 Å². The molecule has 2 N–H and O–H groups in total. The van der Waals surface area contributed by atoms with Gasteiger partial charge in [0.05, 0.1) is 17.4 Å². The zero-order valence-electron chi connectivity index (χ0n) is 13.3. The Labute approximate surface area is 145 Å². The topological polar surface area (TPSA) is 94.5 Å². The van der Waals surface area contributed by atoms with Crippen LogP contribution in [0.25, 0.3) is 0 Å². The van der Waals surface area contributed by atoms with Crippen LogP contribution in [0.4, 0.5) is 5.69 Å². The van der Waals surface area contributed by atoms with Gasteiger partial charge in [0.1, 0.15) is 5.82 Å². The average Bonchev–Trinajstić information content (AvgIpc) is 3.26. The predicted molar refractivity (Wildman–Crippen MR) is 92.6 cm³/mol. The lowest BCUT2D eigenvalue weighted by atomic mass is 10.0. The summed E-state index contributed by atoms with van der Waals surface area (Å²) in [6.45, 7) is 0. The van der Waals surface area contributed by atoms with Gasteiger partial charge in [0.2, 0.25) is 11.1 Å². The van der Waals surface area contributed by atoms with Crippen LogP contribution in [0.5, 0.6) is 0 Å². The van der Waals surface area contributed by atoms with Gasteiger partial charge in [-0.1, -0.05) is 37.4 Å². The first-order chi connectivity index (χ1) is 11.7. The van der Waals surface area contributed by atoms with Crippen molar-refractivity contribution in [3.63, 3.8) is 0 Å². The van der Waals surface area contributed by atoms with Crippen molar-refractivity contribution in [3.8, 4) is 6.07 Å². The van der Waals surface area contributed by atoms with Crippen LogP contribution in [0.2, 0.25) is 0 Å². The van der Waals surface area contributed by atoms with Crippen molar-refractivity contribution in [3.05, 3.63) is 35.7 Å². The number of amides is 1. The number of nitrogens with one attached hydrogen (secondary N) is 2. The highest BCUT2D eigenvalue weighted by atomic mass is 32.2. The Morgan fingerprint density at radius 1 is 1.33 bits per heavy atom. The van der Waals surface area contributed by atoms with Gasteiger partial charge in [0.15, 0.2) is 0 Å². The van der Waals surface area contributed by atoms with Crippen LogP contribution in [0.1, 0.15) is 37.1 Å². The van der Waals surface area contributed by atoms with Crippen LogP contribution in [-0.4, -0.2) is 26.8 Å². The third kappa shape index (κ3) is 4.59. The van der Waals surface area contributed by atoms with Gasteiger partial charge >= 0.3 is 0 Å². The normalized spacial score (nSPS) is 14.5. The second-order valence-corrected chi connectivity index (χ2v) is 6.89. The molecule has 24 heavy (non-hydrogen) atoms. The van der Waals surface area contributed by atoms with E-state index < -0.39 is 0 Å². The standard InChI is InChI=1S/C17H19N5OS/c18-10-13-5-7-14(8-6-13)19-16(23)11-24-17-20-15(21-22-17)9-12-3-1-2-4-12/h5-8,12H,1-4,9,11H2,(H,19,23)(H,20,21,22). The fraction of sp³-hybridized carbons (Fsp3) is 0.412. The third-order valence-corrected chi connectivity index (χ3v) is 4.95. The Morgan fingerprint density at radius 3 is 2.79 bits per heavy atom. The number of nitrogens with zero attached hydrogens (tertiary/aromatic N) is 3. The molecule has 0 aliphatic heterocycles. The molecule has 0 atom stereocenters. The number of aromatic amines is 1. The molecule has 6 nitrogen and oxygen atoms in total. The summed E-state index contributed by atoms with van der Waals surface area (Å²) in [6, 6.07) is 8.82. The number of H-pyrrole nitrogens is 1. The number of carbonyl (C=O) groups is 1. The molecule has 1 aliphatic rings. The lowest BCUT2D eigenvalue weighted by Gasteiger charge is -2.04. The maximum absolute atomic E-state index is 12.0. The first-order valence-electron chi connectivity index (χ1n) is 8.07. The molecule has 1 amide bonds. The number of rotatable bonds is 6. The largest absolute Gasteiger partial charge is 0.325 e. The Morgan fingerprint density at radius 2 is 2.08 bits per heavy atom. The van der Waals surface area contributed by atoms with Crippen molar-refractivity contribution in [2.45, 2.75) is 37.3 Å². The summed E-state index contributed by atoms with van der Waals surface area (Å²) in [6.07, 6.45) is 6.13. The number of hydrogen-bond acceptors (Lipinski definition) is 5. The number of aromatic nitrogens is 3. The van der Waals surface area contributed by atoms with Crippen molar-refractivity contribution in [2.75, 3.05) is 11.1 Å². The highest BCUT2D eigenvalue weighted by molar-refractivity contribution is 7.99. The average molecular weight is 341 g/mol. The fourth-order valence-corrected chi connectivity index (χ4v) is 3.49. The SMILES string of the molecule is N#Cc1ccc(NC(=O)CSc2n[nH]c(CC3CCCC3)n2)cc1. The van der Waals surface area contributed by atoms with Gasteiger partial charge in [-0.3, -0.25) is 9.89 Å². The number of anilines is 1. The summed E-state index contributed by atoms with van der Waals surface area (Å²) in [5.41, 5.74) is 1.24. The van der Waals surface area contributed by atoms with E-state index in [9.17, 15) is 4.79 Å². The maximum atomic E-state index is 12.0. The summed E-state index contributed by atoms with van der Waals surface area (Å²) in [4.78, 5) is 16.4. The number of hydrogen-bond donors (Lipinski definition) is 2. The van der Waals surface area contributed by atoms with Gasteiger partial charge in [0, 0.05) is 12.1 Å². The van der Waals surface area contributed by atoms with Crippen LogP contribution in [0, 0.1) is 17.2 Å². The molecule has 1 fully saturated rings. The minimum Gasteiger partial charge on any atom is -0.325 e. The number of nitriles is 1. The fourth-order valence-electron chi connectivity index (χ4n) is 2.88. The van der Waals surface area contributed by atoms with E-state index >= 15 is 0 Å². The molecule has 0 unspecified atom stereocenters. The number of carbonyl (C=O) groups excluding carboxylic acids is 1. The summed E-state index contributed by atoms with van der Waals surface area (Å²) in [7, 11) is 0. The lowest BCUT2D eigenvalue weighted by Crippen LogP contribution is -2.14. The van der Waals surface area contributed by atoms with Crippen molar-refractivity contribution in [1.29, 1.82) is 5.26 Å². The first kappa shape index (κ1) is 16.5. The highest BCUT2D eigenvalue weighted by Crippen LogP contribution is 2.27. The zero-order valence-corrected chi connectivity index (χ0v) is 14.1. The van der Waals surface area contributed by atoms with Gasteiger partial charge in [-0.05, 0) is 30.2 Å². The Bertz CT molecular complexity index is 728. The minimum atomic E-state index is -0.119. The molecule has 0 saturated heterocycles. The molecule has 7 heteroatoms. The molecule has 1 aromatic heterocycles. The molecule has 1 heterocycles. The van der Waals surface area contributed by atoms with Crippen molar-refractivity contribution in [2.24, 2.45) is 5.92 Å². The second-order valence-electron chi connectivity index (χ2n) is 5.95. The molecule has 1 aromatic carbocycles. The number of thioether (sulfide) groups is 1. The van der Waals surface area contributed by atoms with Crippen LogP contribution in [0.15, 0.2) is 29.4 Å². The lowest BCUT2D eigenvalue weighted by molar-refractivity contribution is -0.113. The van der Waals surface area contributed by atoms with Gasteiger partial charge in [-0.2, -0.15) is 5.26 Å². The van der Waals surface area contributed by atoms with Gasteiger partial charge in [-0.15, -0.1) is 5.10 Å². The zero-order chi connectivity index (χ0) is 16.8. The molecule has 0 radical (unpaired) electrons. The number of benzene rings is 1. The van der Waals surface area contributed by atoms with E-state index in [1.807, 2.05) is 6.07 Å². The van der Waals surface area contributed by atoms with Gasteiger partial charge in [-0.25, -0.2) is 4.98 Å². The van der Waals surface area contributed by atoms with Crippen LogP contribution < -0.4 is 5.32 Å². The van der Waals surface area contributed by atoms with Crippen molar-refractivity contribution in [1.82, 2.24) is 15.2 Å². The summed E-state index contributed by atoms with van der Waals surface area (Å²) in [5.74, 6) is 1.76. The summed E-state index contributed by atoms with van der Waals surface area (Å²) < 4.78 is 0. The Balaban J connectivity index is 1.45. The van der Waals surface area contributed by atoms with E-state index in [-0.39, 0.29) is 11.7 Å². The molecule has 1 saturated carbocycles. The summed E-state index contributed by atoms with van der Waals surface area (Å²) >= 11 is 1.32. The maximum Gasteiger partial charge on any atom is 0.234 e. The van der Waals surface area contributed by atoms with E-state index in [1.54, 1.807) is 24.3 Å². The van der Waals surface area contributed by atoms with Crippen LogP contribution in [0.3, 0.4) is 0 Å². The monoisotopic (exact) mass is 341 g/mol. The van der Waals surface area contributed by atoms with E-state index in [2.05, 4.69) is 20.5 Å². The molecule has 124 valence electrons. The van der Waals surface area contributed by atoms with Crippen LogP contribution in [-0.2, 0) is 11.2 Å². The Kier molecular flexibility index (Phi) is 5.49. The first-order valence-corrected chi connectivity index (χ1v) is 9.05. The molecular formula is C17H19N5OS. The highest BCUT2D eigenvalue weighted by Gasteiger charge is 2.17. The quantitative estimate of drug-likeness (QED) is 0.787. The molecular weight excluding hydrogens is 322 g/mol. The molecule has 3 rings (SSSR count). The van der Waals surface area contributed by atoms with E-state index in [4.69, 9.17) is 5.26 Å². The van der Waals surface area contributed by atoms with Crippen molar-refractivity contribution < 1.29 is 4.79 Å².